The topological polar surface area (TPSA) is 111 Å². The van der Waals surface area contributed by atoms with Crippen molar-refractivity contribution in [1.82, 2.24) is 15.1 Å². The van der Waals surface area contributed by atoms with Gasteiger partial charge in [0.2, 0.25) is 17.7 Å². The number of nitrogens with zero attached hydrogens (tertiary/aromatic N) is 2. The van der Waals surface area contributed by atoms with E-state index >= 15 is 0 Å². The lowest BCUT2D eigenvalue weighted by Gasteiger charge is -2.35. The summed E-state index contributed by atoms with van der Waals surface area (Å²) in [6.45, 7) is 6.89. The van der Waals surface area contributed by atoms with Crippen LogP contribution in [0.1, 0.15) is 32.6 Å². The summed E-state index contributed by atoms with van der Waals surface area (Å²) in [6, 6.07) is 8.71. The summed E-state index contributed by atoms with van der Waals surface area (Å²) < 4.78 is 4.39. The van der Waals surface area contributed by atoms with Gasteiger partial charge in [-0.3, -0.25) is 19.3 Å². The molecule has 4 aliphatic rings. The number of aliphatic hydroxyl groups is 1. The van der Waals surface area contributed by atoms with E-state index in [4.69, 9.17) is 4.74 Å². The van der Waals surface area contributed by atoms with E-state index < -0.39 is 27.4 Å². The van der Waals surface area contributed by atoms with Crippen molar-refractivity contribution in [3.05, 3.63) is 30.3 Å². The van der Waals surface area contributed by atoms with Crippen molar-refractivity contribution in [2.45, 2.75) is 48.1 Å². The molecule has 4 saturated heterocycles. The van der Waals surface area contributed by atoms with Gasteiger partial charge in [-0.25, -0.2) is 0 Å². The summed E-state index contributed by atoms with van der Waals surface area (Å²) in [5.41, 5.74) is 0.709. The van der Waals surface area contributed by atoms with Crippen LogP contribution < -0.4 is 10.6 Å². The maximum absolute atomic E-state index is 14.0. The first kappa shape index (κ1) is 26.5. The molecule has 1 aromatic carbocycles. The molecule has 4 aliphatic heterocycles. The number of para-hydroxylation sites is 1. The Hall–Kier alpha value is -2.14. The molecule has 9 nitrogen and oxygen atoms in total. The van der Waals surface area contributed by atoms with Gasteiger partial charge in [-0.05, 0) is 44.7 Å². The fraction of sp³-hybridized carbons (Fsp3) is 0.667. The number of thioether (sulfide) groups is 1. The molecule has 0 radical (unpaired) electrons. The number of unbranched alkanes of at least 4 members (excludes halogenated alkanes) is 1. The van der Waals surface area contributed by atoms with Crippen LogP contribution in [0.5, 0.6) is 0 Å². The molecule has 4 fully saturated rings. The van der Waals surface area contributed by atoms with Crippen LogP contribution in [0.3, 0.4) is 0 Å². The van der Waals surface area contributed by atoms with E-state index in [0.29, 0.717) is 44.8 Å². The van der Waals surface area contributed by atoms with E-state index in [9.17, 15) is 19.5 Å². The largest absolute Gasteiger partial charge is 0.396 e. The number of ether oxygens (including phenoxy) is 1. The molecule has 3 N–H and O–H groups in total. The Morgan fingerprint density at radius 1 is 1.11 bits per heavy atom. The highest BCUT2D eigenvalue weighted by atomic mass is 32.2. The number of amides is 3. The van der Waals surface area contributed by atoms with E-state index in [1.165, 1.54) is 0 Å². The predicted molar refractivity (Wildman–Crippen MR) is 142 cm³/mol. The zero-order chi connectivity index (χ0) is 26.0. The molecule has 5 rings (SSSR count). The number of fused-ring (bicyclic) bond motifs is 1. The number of anilines is 1. The molecule has 4 heterocycles. The van der Waals surface area contributed by atoms with Gasteiger partial charge in [0.05, 0.1) is 29.8 Å². The molecule has 0 saturated carbocycles. The van der Waals surface area contributed by atoms with Crippen molar-refractivity contribution in [3.8, 4) is 0 Å². The average Bonchev–Trinajstić information content (AvgIpc) is 3.46. The molecular weight excluding hydrogens is 492 g/mol. The Morgan fingerprint density at radius 3 is 2.59 bits per heavy atom. The summed E-state index contributed by atoms with van der Waals surface area (Å²) in [5, 5.41) is 15.5. The number of hydrogen-bond donors (Lipinski definition) is 3. The minimum Gasteiger partial charge on any atom is -0.396 e. The monoisotopic (exact) mass is 530 g/mol. The fourth-order valence-electron chi connectivity index (χ4n) is 6.76. The van der Waals surface area contributed by atoms with Crippen LogP contribution in [0.4, 0.5) is 5.69 Å². The number of likely N-dealkylation sites (tertiary alicyclic amines) is 1. The zero-order valence-electron chi connectivity index (χ0n) is 21.5. The Labute approximate surface area is 222 Å². The third-order valence-corrected chi connectivity index (χ3v) is 10.5. The van der Waals surface area contributed by atoms with Gasteiger partial charge in [-0.2, -0.15) is 0 Å². The van der Waals surface area contributed by atoms with Gasteiger partial charge in [0.1, 0.15) is 6.04 Å². The predicted octanol–water partition coefficient (Wildman–Crippen LogP) is 1.33. The summed E-state index contributed by atoms with van der Waals surface area (Å²) in [7, 11) is 0. The molecule has 2 unspecified atom stereocenters. The van der Waals surface area contributed by atoms with E-state index in [0.717, 1.165) is 32.5 Å². The number of aliphatic hydroxyl groups excluding tert-OH is 1. The lowest BCUT2D eigenvalue weighted by atomic mass is 9.66. The summed E-state index contributed by atoms with van der Waals surface area (Å²) in [4.78, 5) is 45.4. The molecule has 0 aromatic heterocycles. The molecule has 0 aliphatic carbocycles. The highest BCUT2D eigenvalue weighted by molar-refractivity contribution is 8.02. The van der Waals surface area contributed by atoms with Crippen molar-refractivity contribution in [1.29, 1.82) is 0 Å². The standard InChI is InChI=1S/C27H38N4O5S/c1-26-9-10-27(37-26)21(20(26)23(33)29-19-7-3-2-4-8-19)25(35)31(12-5-6-16-32)22(27)24(34)28-11-13-30-14-17-36-18-15-30/h2-4,7-8,20-22,32H,5-6,9-18H2,1H3,(H,28,34)(H,29,33)/t20-,21-,22?,26+,27?/m0/s1. The van der Waals surface area contributed by atoms with E-state index in [1.807, 2.05) is 30.3 Å². The van der Waals surface area contributed by atoms with Crippen molar-refractivity contribution < 1.29 is 24.2 Å². The lowest BCUT2D eigenvalue weighted by Crippen LogP contribution is -2.54. The lowest BCUT2D eigenvalue weighted by molar-refractivity contribution is -0.139. The zero-order valence-corrected chi connectivity index (χ0v) is 22.3. The van der Waals surface area contributed by atoms with Crippen LogP contribution in [-0.4, -0.2) is 101 Å². The number of benzene rings is 1. The third kappa shape index (κ3) is 4.89. The molecule has 1 spiro atoms. The van der Waals surface area contributed by atoms with Crippen LogP contribution in [-0.2, 0) is 19.1 Å². The minimum atomic E-state index is -0.618. The number of nitrogens with one attached hydrogen (secondary N) is 2. The molecule has 37 heavy (non-hydrogen) atoms. The number of morpholine rings is 1. The van der Waals surface area contributed by atoms with Crippen LogP contribution in [0.15, 0.2) is 30.3 Å². The highest BCUT2D eigenvalue weighted by Gasteiger charge is 2.76. The molecule has 5 atom stereocenters. The van der Waals surface area contributed by atoms with Crippen molar-refractivity contribution in [3.63, 3.8) is 0 Å². The van der Waals surface area contributed by atoms with Gasteiger partial charge in [-0.15, -0.1) is 11.8 Å². The first-order valence-electron chi connectivity index (χ1n) is 13.4. The number of hydrogen-bond acceptors (Lipinski definition) is 7. The van der Waals surface area contributed by atoms with Gasteiger partial charge in [0.15, 0.2) is 0 Å². The molecular formula is C27H38N4O5S. The van der Waals surface area contributed by atoms with Crippen molar-refractivity contribution >= 4 is 35.2 Å². The first-order chi connectivity index (χ1) is 17.9. The van der Waals surface area contributed by atoms with Gasteiger partial charge >= 0.3 is 0 Å². The van der Waals surface area contributed by atoms with Gasteiger partial charge < -0.3 is 25.4 Å². The minimum absolute atomic E-state index is 0.0436. The van der Waals surface area contributed by atoms with E-state index in [1.54, 1.807) is 16.7 Å². The quantitative estimate of drug-likeness (QED) is 0.392. The van der Waals surface area contributed by atoms with Crippen LogP contribution in [0, 0.1) is 11.8 Å². The van der Waals surface area contributed by atoms with Gasteiger partial charge in [0, 0.05) is 49.8 Å². The maximum atomic E-state index is 14.0. The molecule has 2 bridgehead atoms. The second-order valence-electron chi connectivity index (χ2n) is 10.8. The summed E-state index contributed by atoms with van der Waals surface area (Å²) in [6.07, 6.45) is 2.70. The van der Waals surface area contributed by atoms with Crippen LogP contribution in [0.2, 0.25) is 0 Å². The SMILES string of the molecule is C[C@]12CCC3(S1)C(C(=O)NCCN1CCOCC1)N(CCCCO)C(=O)[C@@H]3[C@H]2C(=O)Nc1ccccc1. The second kappa shape index (κ2) is 10.9. The van der Waals surface area contributed by atoms with Crippen molar-refractivity contribution in [2.75, 3.05) is 57.9 Å². The summed E-state index contributed by atoms with van der Waals surface area (Å²) >= 11 is 1.68. The third-order valence-electron chi connectivity index (χ3n) is 8.49. The average molecular weight is 531 g/mol. The summed E-state index contributed by atoms with van der Waals surface area (Å²) in [5.74, 6) is -1.43. The number of carbonyl (C=O) groups excluding carboxylic acids is 3. The second-order valence-corrected chi connectivity index (χ2v) is 12.7. The van der Waals surface area contributed by atoms with E-state index in [-0.39, 0.29) is 24.3 Å². The number of carbonyl (C=O) groups is 3. The van der Waals surface area contributed by atoms with E-state index in [2.05, 4.69) is 22.5 Å². The first-order valence-corrected chi connectivity index (χ1v) is 14.3. The van der Waals surface area contributed by atoms with Crippen LogP contribution >= 0.6 is 11.8 Å². The van der Waals surface area contributed by atoms with Gasteiger partial charge in [0.25, 0.3) is 0 Å². The molecule has 1 aromatic rings. The normalized spacial score (nSPS) is 33.0. The highest BCUT2D eigenvalue weighted by Crippen LogP contribution is 2.71. The molecule has 3 amide bonds. The maximum Gasteiger partial charge on any atom is 0.244 e. The Kier molecular flexibility index (Phi) is 7.81. The van der Waals surface area contributed by atoms with Gasteiger partial charge in [-0.1, -0.05) is 18.2 Å². The Bertz CT molecular complexity index is 1010. The number of rotatable bonds is 10. The fourth-order valence-corrected chi connectivity index (χ4v) is 9.12. The Morgan fingerprint density at radius 2 is 1.86 bits per heavy atom. The smallest absolute Gasteiger partial charge is 0.244 e. The molecule has 202 valence electrons. The Balaban J connectivity index is 1.37. The van der Waals surface area contributed by atoms with Crippen molar-refractivity contribution in [2.24, 2.45) is 11.8 Å². The molecule has 10 heteroatoms. The van der Waals surface area contributed by atoms with Crippen LogP contribution in [0.25, 0.3) is 0 Å².